The van der Waals surface area contributed by atoms with E-state index in [0.717, 1.165) is 10.5 Å². The molecule has 2 nitrogen and oxygen atoms in total. The van der Waals surface area contributed by atoms with Crippen LogP contribution in [0, 0.1) is 0 Å². The van der Waals surface area contributed by atoms with Crippen molar-refractivity contribution in [2.24, 2.45) is 0 Å². The molecule has 0 amide bonds. The predicted octanol–water partition coefficient (Wildman–Crippen LogP) is 1.85. The first kappa shape index (κ1) is 3.88. The average molecular weight is 167 g/mol. The van der Waals surface area contributed by atoms with Gasteiger partial charge < -0.3 is 0 Å². The van der Waals surface area contributed by atoms with Crippen LogP contribution in [-0.4, -0.2) is 23.4 Å². The molecule has 0 unspecified atom stereocenters. The highest BCUT2D eigenvalue weighted by atomic mass is 15.1. The number of likely N-dealkylation sites (tertiary alicyclic amines) is 1. The molecule has 0 bridgehead atoms. The first-order valence-electron chi connectivity index (χ1n) is 6.52. The lowest BCUT2D eigenvalue weighted by Gasteiger charge is -2.18. The van der Waals surface area contributed by atoms with Gasteiger partial charge in [-0.15, -0.1) is 0 Å². The van der Waals surface area contributed by atoms with Gasteiger partial charge in [-0.25, -0.2) is 0 Å². The Morgan fingerprint density at radius 2 is 2.83 bits per heavy atom. The summed E-state index contributed by atoms with van der Waals surface area (Å²) < 4.78 is 38.0. The second kappa shape index (κ2) is 3.23. The molecule has 1 fully saturated rings. The van der Waals surface area contributed by atoms with Crippen LogP contribution in [0.5, 0.6) is 0 Å². The number of aromatic nitrogens is 1. The molecule has 0 spiro atoms. The van der Waals surface area contributed by atoms with Gasteiger partial charge >= 0.3 is 0 Å². The molecule has 1 aromatic heterocycles. The van der Waals surface area contributed by atoms with Gasteiger partial charge in [-0.3, -0.25) is 9.88 Å². The second-order valence-corrected chi connectivity index (χ2v) is 2.87. The molecule has 0 saturated carbocycles. The van der Waals surface area contributed by atoms with Crippen LogP contribution >= 0.6 is 0 Å². The zero-order valence-corrected chi connectivity index (χ0v) is 6.70. The topological polar surface area (TPSA) is 16.1 Å². The van der Waals surface area contributed by atoms with Gasteiger partial charge in [0.15, 0.2) is 0 Å². The SMILES string of the molecule is [2H]C([2H])([2H])N1[C@H](c2cccnc2)CCC1([2H])[2H]. The van der Waals surface area contributed by atoms with E-state index in [-0.39, 0.29) is 6.42 Å². The maximum Gasteiger partial charge on any atom is 0.0431 e. The van der Waals surface area contributed by atoms with Crippen molar-refractivity contribution in [1.82, 2.24) is 9.88 Å². The Kier molecular flexibility index (Phi) is 1.05. The van der Waals surface area contributed by atoms with E-state index >= 15 is 0 Å². The summed E-state index contributed by atoms with van der Waals surface area (Å²) in [6, 6.07) is 3.10. The largest absolute Gasteiger partial charge is 0.299 e. The quantitative estimate of drug-likeness (QED) is 0.634. The predicted molar refractivity (Wildman–Crippen MR) is 48.8 cm³/mol. The van der Waals surface area contributed by atoms with Gasteiger partial charge in [-0.2, -0.15) is 0 Å². The van der Waals surface area contributed by atoms with E-state index in [4.69, 9.17) is 6.85 Å². The van der Waals surface area contributed by atoms with Gasteiger partial charge in [0.05, 0.1) is 0 Å². The molecule has 2 heterocycles. The van der Waals surface area contributed by atoms with Gasteiger partial charge in [-0.1, -0.05) is 6.07 Å². The van der Waals surface area contributed by atoms with Crippen molar-refractivity contribution in [3.8, 4) is 0 Å². The Bertz CT molecular complexity index is 389. The minimum atomic E-state index is -2.43. The summed E-state index contributed by atoms with van der Waals surface area (Å²) in [6.45, 7) is -4.22. The summed E-state index contributed by atoms with van der Waals surface area (Å²) in [5, 5.41) is 0. The van der Waals surface area contributed by atoms with Gasteiger partial charge in [0.25, 0.3) is 0 Å². The van der Waals surface area contributed by atoms with Crippen molar-refractivity contribution >= 4 is 0 Å². The Morgan fingerprint density at radius 3 is 3.58 bits per heavy atom. The molecule has 0 radical (unpaired) electrons. The summed E-state index contributed by atoms with van der Waals surface area (Å²) in [4.78, 5) is 4.94. The van der Waals surface area contributed by atoms with Gasteiger partial charge in [0.2, 0.25) is 0 Å². The Morgan fingerprint density at radius 1 is 1.83 bits per heavy atom. The standard InChI is InChI=1S/C10H14N2/c1-12-7-3-5-10(12)9-4-2-6-11-8-9/h2,4,6,8,10H,3,5,7H2,1H3/t10-/m0/s1/i1D3,7D2. The zero-order chi connectivity index (χ0) is 12.7. The highest BCUT2D eigenvalue weighted by molar-refractivity contribution is 5.14. The third-order valence-electron chi connectivity index (χ3n) is 2.08. The van der Waals surface area contributed by atoms with Crippen LogP contribution < -0.4 is 0 Å². The second-order valence-electron chi connectivity index (χ2n) is 2.87. The minimum Gasteiger partial charge on any atom is -0.299 e. The normalized spacial score (nSPS) is 36.0. The monoisotopic (exact) mass is 167 g/mol. The van der Waals surface area contributed by atoms with Crippen LogP contribution in [0.15, 0.2) is 24.5 Å². The van der Waals surface area contributed by atoms with Crippen molar-refractivity contribution < 1.29 is 6.85 Å². The molecule has 1 saturated heterocycles. The Balaban J connectivity index is 2.36. The smallest absolute Gasteiger partial charge is 0.0431 e. The average Bonchev–Trinajstić information content (AvgIpc) is 2.55. The molecule has 1 atom stereocenters. The molecule has 2 heteroatoms. The van der Waals surface area contributed by atoms with Crippen molar-refractivity contribution in [3.63, 3.8) is 0 Å². The molecule has 64 valence electrons. The third-order valence-corrected chi connectivity index (χ3v) is 2.08. The third kappa shape index (κ3) is 1.34. The molecule has 1 aliphatic heterocycles. The van der Waals surface area contributed by atoms with Crippen LogP contribution in [0.3, 0.4) is 0 Å². The summed E-state index contributed by atoms with van der Waals surface area (Å²) in [5.41, 5.74) is 0.755. The van der Waals surface area contributed by atoms with Crippen LogP contribution in [0.4, 0.5) is 0 Å². The van der Waals surface area contributed by atoms with E-state index in [0.29, 0.717) is 6.42 Å². The highest BCUT2D eigenvalue weighted by Crippen LogP contribution is 2.29. The van der Waals surface area contributed by atoms with Crippen molar-refractivity contribution in [3.05, 3.63) is 30.1 Å². The lowest BCUT2D eigenvalue weighted by atomic mass is 10.1. The van der Waals surface area contributed by atoms with Crippen LogP contribution in [0.2, 0.25) is 0 Å². The number of hydrogen-bond acceptors (Lipinski definition) is 2. The van der Waals surface area contributed by atoms with Crippen LogP contribution in [0.1, 0.15) is 31.3 Å². The number of nitrogens with zero attached hydrogens (tertiary/aromatic N) is 2. The van der Waals surface area contributed by atoms with E-state index in [1.807, 2.05) is 0 Å². The fourth-order valence-corrected chi connectivity index (χ4v) is 1.45. The Hall–Kier alpha value is -0.890. The number of hydrogen-bond donors (Lipinski definition) is 0. The van der Waals surface area contributed by atoms with Gasteiger partial charge in [-0.05, 0) is 37.9 Å². The first-order chi connectivity index (χ1) is 7.82. The molecule has 2 rings (SSSR count). The summed E-state index contributed by atoms with van der Waals surface area (Å²) >= 11 is 0. The van der Waals surface area contributed by atoms with E-state index in [1.165, 1.54) is 0 Å². The lowest BCUT2D eigenvalue weighted by molar-refractivity contribution is 0.317. The molecule has 0 N–H and O–H groups in total. The Labute approximate surface area is 80.3 Å². The highest BCUT2D eigenvalue weighted by Gasteiger charge is 2.21. The van der Waals surface area contributed by atoms with E-state index in [1.54, 1.807) is 24.5 Å². The lowest BCUT2D eigenvalue weighted by Crippen LogP contribution is -2.17. The maximum atomic E-state index is 7.79. The fraction of sp³-hybridized carbons (Fsp3) is 0.500. The van der Waals surface area contributed by atoms with E-state index < -0.39 is 19.5 Å². The molecular formula is C10H14N2. The summed E-state index contributed by atoms with van der Waals surface area (Å²) in [6.07, 6.45) is 3.94. The minimum absolute atomic E-state index is 0.227. The number of rotatable bonds is 1. The molecule has 12 heavy (non-hydrogen) atoms. The van der Waals surface area contributed by atoms with Crippen molar-refractivity contribution in [2.45, 2.75) is 18.9 Å². The molecule has 0 aliphatic carbocycles. The molecule has 0 aromatic carbocycles. The molecule has 1 aliphatic rings. The number of pyridine rings is 1. The fourth-order valence-electron chi connectivity index (χ4n) is 1.45. The van der Waals surface area contributed by atoms with Crippen molar-refractivity contribution in [2.75, 3.05) is 13.5 Å². The van der Waals surface area contributed by atoms with E-state index in [2.05, 4.69) is 4.98 Å². The zero-order valence-electron chi connectivity index (χ0n) is 11.7. The maximum absolute atomic E-state index is 7.79. The van der Waals surface area contributed by atoms with Gasteiger partial charge in [0.1, 0.15) is 0 Å². The van der Waals surface area contributed by atoms with Crippen LogP contribution in [0.25, 0.3) is 0 Å². The first-order valence-corrected chi connectivity index (χ1v) is 4.02. The van der Waals surface area contributed by atoms with E-state index in [9.17, 15) is 0 Å². The summed E-state index contributed by atoms with van der Waals surface area (Å²) in [7, 11) is 0. The van der Waals surface area contributed by atoms with Gasteiger partial charge in [0, 0.05) is 25.3 Å². The molecule has 1 aromatic rings. The summed E-state index contributed by atoms with van der Waals surface area (Å²) in [5.74, 6) is 0. The van der Waals surface area contributed by atoms with Crippen LogP contribution in [-0.2, 0) is 0 Å². The van der Waals surface area contributed by atoms with Crippen molar-refractivity contribution in [1.29, 1.82) is 0 Å². The molecular weight excluding hydrogens is 148 g/mol.